The molecule has 0 fully saturated rings. The van der Waals surface area contributed by atoms with Crippen LogP contribution in [-0.4, -0.2) is 31.3 Å². The van der Waals surface area contributed by atoms with Gasteiger partial charge in [0.2, 0.25) is 0 Å². The van der Waals surface area contributed by atoms with Crippen molar-refractivity contribution >= 4 is 17.1 Å². The Morgan fingerprint density at radius 2 is 1.90 bits per heavy atom. The molecule has 1 aromatic carbocycles. The SMILES string of the molecule is CCOC(=O)Cn1cnc2c1c(=O)n(CCC(C)C)c(=O)n2-c1ccc(F)cc1. The Morgan fingerprint density at radius 1 is 1.21 bits per heavy atom. The number of esters is 1. The van der Waals surface area contributed by atoms with Crippen LogP contribution < -0.4 is 11.2 Å². The zero-order chi connectivity index (χ0) is 21.1. The molecular formula is C20H23FN4O4. The first kappa shape index (κ1) is 20.5. The molecule has 8 nitrogen and oxygen atoms in total. The number of hydrogen-bond acceptors (Lipinski definition) is 5. The van der Waals surface area contributed by atoms with E-state index in [0.717, 1.165) is 4.57 Å². The Hall–Kier alpha value is -3.23. The highest BCUT2D eigenvalue weighted by molar-refractivity contribution is 5.76. The van der Waals surface area contributed by atoms with E-state index in [2.05, 4.69) is 4.98 Å². The highest BCUT2D eigenvalue weighted by Crippen LogP contribution is 2.14. The van der Waals surface area contributed by atoms with Crippen molar-refractivity contribution in [1.82, 2.24) is 18.7 Å². The Balaban J connectivity index is 2.26. The van der Waals surface area contributed by atoms with Crippen molar-refractivity contribution in [1.29, 1.82) is 0 Å². The van der Waals surface area contributed by atoms with Crippen LogP contribution in [0.5, 0.6) is 0 Å². The van der Waals surface area contributed by atoms with E-state index < -0.39 is 23.0 Å². The second-order valence-corrected chi connectivity index (χ2v) is 7.08. The standard InChI is InChI=1S/C20H23FN4O4/c1-4-29-16(26)11-23-12-22-18-17(23)19(27)24(10-9-13(2)3)20(28)25(18)15-7-5-14(21)6-8-15/h5-8,12-13H,4,9-11H2,1-3H3. The number of hydrogen-bond donors (Lipinski definition) is 0. The number of rotatable bonds is 7. The van der Waals surface area contributed by atoms with E-state index in [1.54, 1.807) is 6.92 Å². The third kappa shape index (κ3) is 4.13. The van der Waals surface area contributed by atoms with Crippen molar-refractivity contribution in [3.63, 3.8) is 0 Å². The number of nitrogens with zero attached hydrogens (tertiary/aromatic N) is 4. The van der Waals surface area contributed by atoms with Gasteiger partial charge in [0.05, 0.1) is 18.6 Å². The van der Waals surface area contributed by atoms with Crippen LogP contribution in [0.15, 0.2) is 40.2 Å². The number of halogens is 1. The lowest BCUT2D eigenvalue weighted by molar-refractivity contribution is -0.143. The molecule has 0 N–H and O–H groups in total. The van der Waals surface area contributed by atoms with Gasteiger partial charge in [-0.1, -0.05) is 13.8 Å². The van der Waals surface area contributed by atoms with Crippen molar-refractivity contribution in [2.24, 2.45) is 5.92 Å². The first-order valence-electron chi connectivity index (χ1n) is 9.45. The largest absolute Gasteiger partial charge is 0.465 e. The number of benzene rings is 1. The van der Waals surface area contributed by atoms with Gasteiger partial charge in [0, 0.05) is 6.54 Å². The van der Waals surface area contributed by atoms with Crippen molar-refractivity contribution in [3.05, 3.63) is 57.2 Å². The molecule has 0 atom stereocenters. The van der Waals surface area contributed by atoms with Crippen LogP contribution in [-0.2, 0) is 22.6 Å². The van der Waals surface area contributed by atoms with E-state index in [1.165, 1.54) is 39.7 Å². The number of ether oxygens (including phenoxy) is 1. The normalized spacial score (nSPS) is 11.3. The molecule has 0 aliphatic heterocycles. The smallest absolute Gasteiger partial charge is 0.337 e. The van der Waals surface area contributed by atoms with E-state index in [1.807, 2.05) is 13.8 Å². The Bertz CT molecular complexity index is 1140. The maximum atomic E-state index is 13.4. The summed E-state index contributed by atoms with van der Waals surface area (Å²) in [5, 5.41) is 0. The van der Waals surface area contributed by atoms with Gasteiger partial charge in [0.1, 0.15) is 12.4 Å². The molecule has 29 heavy (non-hydrogen) atoms. The van der Waals surface area contributed by atoms with E-state index in [-0.39, 0.29) is 36.8 Å². The maximum Gasteiger partial charge on any atom is 0.337 e. The number of carbonyl (C=O) groups excluding carboxylic acids is 1. The Kier molecular flexibility index (Phi) is 5.95. The molecule has 0 saturated carbocycles. The minimum absolute atomic E-state index is 0.108. The monoisotopic (exact) mass is 402 g/mol. The molecule has 0 radical (unpaired) electrons. The Morgan fingerprint density at radius 3 is 2.52 bits per heavy atom. The zero-order valence-corrected chi connectivity index (χ0v) is 16.6. The van der Waals surface area contributed by atoms with Crippen molar-refractivity contribution in [2.45, 2.75) is 40.3 Å². The summed E-state index contributed by atoms with van der Waals surface area (Å²) in [6.07, 6.45) is 1.95. The van der Waals surface area contributed by atoms with Gasteiger partial charge in [0.25, 0.3) is 5.56 Å². The minimum atomic E-state index is -0.559. The lowest BCUT2D eigenvalue weighted by atomic mass is 10.1. The van der Waals surface area contributed by atoms with Crippen LogP contribution >= 0.6 is 0 Å². The number of carbonyl (C=O) groups is 1. The minimum Gasteiger partial charge on any atom is -0.465 e. The third-order valence-electron chi connectivity index (χ3n) is 4.52. The van der Waals surface area contributed by atoms with Gasteiger partial charge in [-0.15, -0.1) is 0 Å². The van der Waals surface area contributed by atoms with Crippen LogP contribution in [0.25, 0.3) is 16.9 Å². The molecule has 0 spiro atoms. The fourth-order valence-electron chi connectivity index (χ4n) is 3.05. The zero-order valence-electron chi connectivity index (χ0n) is 16.6. The highest BCUT2D eigenvalue weighted by Gasteiger charge is 2.20. The molecular weight excluding hydrogens is 379 g/mol. The van der Waals surface area contributed by atoms with Gasteiger partial charge in [0.15, 0.2) is 11.2 Å². The average molecular weight is 402 g/mol. The fourth-order valence-corrected chi connectivity index (χ4v) is 3.05. The lowest BCUT2D eigenvalue weighted by Gasteiger charge is -2.13. The molecule has 0 amide bonds. The molecule has 0 aliphatic carbocycles. The van der Waals surface area contributed by atoms with Gasteiger partial charge in [-0.2, -0.15) is 0 Å². The topological polar surface area (TPSA) is 88.1 Å². The summed E-state index contributed by atoms with van der Waals surface area (Å²) in [6.45, 7) is 5.90. The number of fused-ring (bicyclic) bond motifs is 1. The first-order chi connectivity index (χ1) is 13.8. The molecule has 2 heterocycles. The van der Waals surface area contributed by atoms with E-state index in [4.69, 9.17) is 4.74 Å². The number of imidazole rings is 1. The summed E-state index contributed by atoms with van der Waals surface area (Å²) >= 11 is 0. The van der Waals surface area contributed by atoms with Crippen molar-refractivity contribution in [2.75, 3.05) is 6.61 Å². The molecule has 154 valence electrons. The maximum absolute atomic E-state index is 13.4. The van der Waals surface area contributed by atoms with Crippen molar-refractivity contribution in [3.8, 4) is 5.69 Å². The summed E-state index contributed by atoms with van der Waals surface area (Å²) in [5.41, 5.74) is -0.481. The molecule has 3 aromatic rings. The Labute approximate surface area is 166 Å². The summed E-state index contributed by atoms with van der Waals surface area (Å²) in [5.74, 6) is -0.681. The quantitative estimate of drug-likeness (QED) is 0.565. The number of aromatic nitrogens is 4. The summed E-state index contributed by atoms with van der Waals surface area (Å²) in [6, 6.07) is 5.34. The molecule has 2 aromatic heterocycles. The summed E-state index contributed by atoms with van der Waals surface area (Å²) in [7, 11) is 0. The third-order valence-corrected chi connectivity index (χ3v) is 4.52. The lowest BCUT2D eigenvalue weighted by Crippen LogP contribution is -2.40. The van der Waals surface area contributed by atoms with E-state index >= 15 is 0 Å². The van der Waals surface area contributed by atoms with Crippen LogP contribution in [0.2, 0.25) is 0 Å². The van der Waals surface area contributed by atoms with Crippen molar-refractivity contribution < 1.29 is 13.9 Å². The first-order valence-corrected chi connectivity index (χ1v) is 9.45. The molecule has 0 unspecified atom stereocenters. The average Bonchev–Trinajstić information content (AvgIpc) is 3.06. The van der Waals surface area contributed by atoms with Gasteiger partial charge < -0.3 is 9.30 Å². The molecule has 0 saturated heterocycles. The highest BCUT2D eigenvalue weighted by atomic mass is 19.1. The molecule has 3 rings (SSSR count). The summed E-state index contributed by atoms with van der Waals surface area (Å²) in [4.78, 5) is 42.4. The van der Waals surface area contributed by atoms with Crippen LogP contribution in [0, 0.1) is 11.7 Å². The molecule has 0 bridgehead atoms. The van der Waals surface area contributed by atoms with Crippen LogP contribution in [0.4, 0.5) is 4.39 Å². The van der Waals surface area contributed by atoms with Gasteiger partial charge in [-0.3, -0.25) is 14.2 Å². The van der Waals surface area contributed by atoms with Gasteiger partial charge in [-0.05, 0) is 43.5 Å². The molecule has 0 aliphatic rings. The molecule has 9 heteroatoms. The second-order valence-electron chi connectivity index (χ2n) is 7.08. The summed E-state index contributed by atoms with van der Waals surface area (Å²) < 4.78 is 22.1. The van der Waals surface area contributed by atoms with E-state index in [0.29, 0.717) is 12.1 Å². The predicted octanol–water partition coefficient (Wildman–Crippen LogP) is 2.10. The van der Waals surface area contributed by atoms with Gasteiger partial charge in [-0.25, -0.2) is 18.7 Å². The van der Waals surface area contributed by atoms with E-state index in [9.17, 15) is 18.8 Å². The van der Waals surface area contributed by atoms with Gasteiger partial charge >= 0.3 is 11.7 Å². The fraction of sp³-hybridized carbons (Fsp3) is 0.400. The van der Waals surface area contributed by atoms with Crippen LogP contribution in [0.3, 0.4) is 0 Å². The predicted molar refractivity (Wildman–Crippen MR) is 106 cm³/mol. The second kappa shape index (κ2) is 8.42. The van der Waals surface area contributed by atoms with Crippen LogP contribution in [0.1, 0.15) is 27.2 Å².